The van der Waals surface area contributed by atoms with Crippen molar-refractivity contribution in [3.8, 4) is 0 Å². The molecule has 12 heteroatoms. The van der Waals surface area contributed by atoms with Gasteiger partial charge in [-0.05, 0) is 18.2 Å². The number of hydrazone groups is 1. The number of alkyl halides is 3. The van der Waals surface area contributed by atoms with Crippen molar-refractivity contribution in [2.24, 2.45) is 5.10 Å². The zero-order valence-electron chi connectivity index (χ0n) is 12.5. The van der Waals surface area contributed by atoms with E-state index in [2.05, 4.69) is 10.5 Å². The molecule has 1 N–H and O–H groups in total. The van der Waals surface area contributed by atoms with Gasteiger partial charge < -0.3 is 0 Å². The second-order valence-electron chi connectivity index (χ2n) is 4.82. The number of anilines is 1. The summed E-state index contributed by atoms with van der Waals surface area (Å²) in [6, 6.07) is 5.70. The maximum atomic E-state index is 12.6. The van der Waals surface area contributed by atoms with Gasteiger partial charge in [-0.1, -0.05) is 17.7 Å². The quantitative estimate of drug-likeness (QED) is 0.456. The maximum Gasteiger partial charge on any atom is 0.416 e. The van der Waals surface area contributed by atoms with E-state index >= 15 is 0 Å². The fraction of sp³-hybridized carbons (Fsp3) is 0.0714. The Kier molecular flexibility index (Phi) is 5.41. The van der Waals surface area contributed by atoms with Crippen molar-refractivity contribution >= 4 is 34.9 Å². The fourth-order valence-electron chi connectivity index (χ4n) is 1.88. The number of nitrogens with one attached hydrogen (secondary N) is 1. The minimum Gasteiger partial charge on any atom is -0.272 e. The summed E-state index contributed by atoms with van der Waals surface area (Å²) in [6.07, 6.45) is -3.63. The van der Waals surface area contributed by atoms with Crippen LogP contribution in [0.15, 0.2) is 41.5 Å². The summed E-state index contributed by atoms with van der Waals surface area (Å²) in [4.78, 5) is 20.1. The van der Waals surface area contributed by atoms with Gasteiger partial charge in [-0.2, -0.15) is 18.3 Å². The third kappa shape index (κ3) is 4.45. The number of benzene rings is 2. The molecule has 0 aromatic heterocycles. The highest BCUT2D eigenvalue weighted by atomic mass is 35.5. The van der Waals surface area contributed by atoms with Crippen LogP contribution in [-0.4, -0.2) is 16.1 Å². The van der Waals surface area contributed by atoms with Crippen LogP contribution in [0.5, 0.6) is 0 Å². The lowest BCUT2D eigenvalue weighted by atomic mass is 10.1. The highest BCUT2D eigenvalue weighted by Gasteiger charge is 2.33. The first-order valence-corrected chi connectivity index (χ1v) is 7.06. The van der Waals surface area contributed by atoms with E-state index in [1.54, 1.807) is 0 Å². The molecule has 0 atom stereocenters. The van der Waals surface area contributed by atoms with Gasteiger partial charge in [-0.15, -0.1) is 0 Å². The zero-order valence-corrected chi connectivity index (χ0v) is 13.3. The maximum absolute atomic E-state index is 12.6. The van der Waals surface area contributed by atoms with Crippen LogP contribution in [0.4, 0.5) is 30.2 Å². The predicted octanol–water partition coefficient (Wildman–Crippen LogP) is 4.62. The summed E-state index contributed by atoms with van der Waals surface area (Å²) in [6.45, 7) is 0. The third-order valence-corrected chi connectivity index (χ3v) is 3.41. The molecule has 8 nitrogen and oxygen atoms in total. The van der Waals surface area contributed by atoms with Crippen LogP contribution in [0.1, 0.15) is 11.1 Å². The van der Waals surface area contributed by atoms with Gasteiger partial charge in [0, 0.05) is 17.7 Å². The highest BCUT2D eigenvalue weighted by molar-refractivity contribution is 6.32. The smallest absolute Gasteiger partial charge is 0.272 e. The number of nitro benzene ring substituents is 2. The Morgan fingerprint density at radius 2 is 1.69 bits per heavy atom. The minimum atomic E-state index is -4.73. The molecule has 0 unspecified atom stereocenters. The molecule has 0 saturated heterocycles. The molecule has 0 aliphatic carbocycles. The van der Waals surface area contributed by atoms with E-state index in [0.717, 1.165) is 18.3 Å². The Morgan fingerprint density at radius 1 is 1.04 bits per heavy atom. The molecule has 2 aromatic carbocycles. The molecule has 26 heavy (non-hydrogen) atoms. The van der Waals surface area contributed by atoms with E-state index in [1.165, 1.54) is 12.1 Å². The van der Waals surface area contributed by atoms with E-state index < -0.39 is 27.3 Å². The zero-order chi connectivity index (χ0) is 19.5. The Morgan fingerprint density at radius 3 is 2.27 bits per heavy atom. The standard InChI is InChI=1S/C14H8ClF3N4O4/c15-10-3-1-8(5-12(10)21(23)24)7-19-20-11-4-2-9(14(16,17)18)6-13(11)22(25)26/h1-7,20H/b19-7-. The van der Waals surface area contributed by atoms with Gasteiger partial charge in [0.15, 0.2) is 0 Å². The highest BCUT2D eigenvalue weighted by Crippen LogP contribution is 2.35. The van der Waals surface area contributed by atoms with Crippen molar-refractivity contribution < 1.29 is 23.0 Å². The van der Waals surface area contributed by atoms with E-state index in [-0.39, 0.29) is 22.0 Å². The normalized spacial score (nSPS) is 11.5. The monoisotopic (exact) mass is 388 g/mol. The third-order valence-electron chi connectivity index (χ3n) is 3.09. The van der Waals surface area contributed by atoms with Crippen molar-refractivity contribution in [2.45, 2.75) is 6.18 Å². The molecule has 0 amide bonds. The summed E-state index contributed by atoms with van der Waals surface area (Å²) >= 11 is 5.66. The van der Waals surface area contributed by atoms with Gasteiger partial charge in [-0.3, -0.25) is 25.7 Å². The molecule has 2 aromatic rings. The molecule has 0 fully saturated rings. The van der Waals surface area contributed by atoms with Gasteiger partial charge >= 0.3 is 6.18 Å². The summed E-state index contributed by atoms with van der Waals surface area (Å²) in [5, 5.41) is 25.3. The van der Waals surface area contributed by atoms with E-state index in [1.807, 2.05) is 0 Å². The number of halogens is 4. The van der Waals surface area contributed by atoms with Gasteiger partial charge in [-0.25, -0.2) is 0 Å². The minimum absolute atomic E-state index is 0.0847. The molecule has 136 valence electrons. The molecule has 2 rings (SSSR count). The van der Waals surface area contributed by atoms with Crippen LogP contribution >= 0.6 is 11.6 Å². The first kappa shape index (κ1) is 19.1. The van der Waals surface area contributed by atoms with Crippen LogP contribution in [0.2, 0.25) is 5.02 Å². The van der Waals surface area contributed by atoms with Gasteiger partial charge in [0.25, 0.3) is 11.4 Å². The molecule has 0 spiro atoms. The molecular weight excluding hydrogens is 381 g/mol. The summed E-state index contributed by atoms with van der Waals surface area (Å²) in [5.41, 5.74) is -0.139. The van der Waals surface area contributed by atoms with Crippen molar-refractivity contribution in [2.75, 3.05) is 5.43 Å². The lowest BCUT2D eigenvalue weighted by Crippen LogP contribution is -2.06. The van der Waals surface area contributed by atoms with Crippen LogP contribution in [0.3, 0.4) is 0 Å². The number of rotatable bonds is 5. The number of nitrogens with zero attached hydrogens (tertiary/aromatic N) is 3. The van der Waals surface area contributed by atoms with Crippen molar-refractivity contribution in [3.63, 3.8) is 0 Å². The Balaban J connectivity index is 2.26. The summed E-state index contributed by atoms with van der Waals surface area (Å²) in [5.74, 6) is 0. The second kappa shape index (κ2) is 7.35. The number of hydrogen-bond acceptors (Lipinski definition) is 6. The van der Waals surface area contributed by atoms with E-state index in [9.17, 15) is 33.4 Å². The second-order valence-corrected chi connectivity index (χ2v) is 5.23. The molecule has 0 aliphatic heterocycles. The van der Waals surface area contributed by atoms with Crippen molar-refractivity contribution in [1.29, 1.82) is 0 Å². The first-order valence-electron chi connectivity index (χ1n) is 6.68. The lowest BCUT2D eigenvalue weighted by Gasteiger charge is -2.08. The predicted molar refractivity (Wildman–Crippen MR) is 87.4 cm³/mol. The Hall–Kier alpha value is -3.21. The average molecular weight is 389 g/mol. The van der Waals surface area contributed by atoms with Gasteiger partial charge in [0.05, 0.1) is 21.6 Å². The molecule has 0 saturated carbocycles. The van der Waals surface area contributed by atoms with Crippen LogP contribution < -0.4 is 5.43 Å². The van der Waals surface area contributed by atoms with Crippen LogP contribution in [-0.2, 0) is 6.18 Å². The molecule has 0 aliphatic rings. The fourth-order valence-corrected chi connectivity index (χ4v) is 2.07. The molecule has 0 heterocycles. The largest absolute Gasteiger partial charge is 0.416 e. The van der Waals surface area contributed by atoms with E-state index in [0.29, 0.717) is 12.1 Å². The Labute approximate surface area is 148 Å². The molecule has 0 bridgehead atoms. The van der Waals surface area contributed by atoms with Crippen LogP contribution in [0.25, 0.3) is 0 Å². The summed E-state index contributed by atoms with van der Waals surface area (Å²) < 4.78 is 37.9. The number of hydrogen-bond donors (Lipinski definition) is 1. The van der Waals surface area contributed by atoms with Gasteiger partial charge in [0.2, 0.25) is 0 Å². The van der Waals surface area contributed by atoms with Gasteiger partial charge in [0.1, 0.15) is 10.7 Å². The van der Waals surface area contributed by atoms with E-state index in [4.69, 9.17) is 11.6 Å². The van der Waals surface area contributed by atoms with Crippen molar-refractivity contribution in [3.05, 3.63) is 72.8 Å². The lowest BCUT2D eigenvalue weighted by molar-refractivity contribution is -0.384. The SMILES string of the molecule is O=[N+]([O-])c1cc(/C=N\Nc2ccc(C(F)(F)F)cc2[N+](=O)[O-])ccc1Cl. The topological polar surface area (TPSA) is 111 Å². The van der Waals surface area contributed by atoms with Crippen LogP contribution in [0, 0.1) is 20.2 Å². The Bertz CT molecular complexity index is 902. The summed E-state index contributed by atoms with van der Waals surface area (Å²) in [7, 11) is 0. The molecule has 0 radical (unpaired) electrons. The average Bonchev–Trinajstić information content (AvgIpc) is 2.55. The molecular formula is C14H8ClF3N4O4. The van der Waals surface area contributed by atoms with Crippen molar-refractivity contribution in [1.82, 2.24) is 0 Å². The first-order chi connectivity index (χ1) is 12.1. The number of nitro groups is 2.